The minimum atomic E-state index is -0.705. The summed E-state index contributed by atoms with van der Waals surface area (Å²) in [5.74, 6) is 1.44. The first-order valence-electron chi connectivity index (χ1n) is 13.8. The molecule has 0 fully saturated rings. The Morgan fingerprint density at radius 2 is 1.05 bits per heavy atom. The first kappa shape index (κ1) is 25.7. The second kappa shape index (κ2) is 10.8. The molecule has 0 N–H and O–H groups in total. The van der Waals surface area contributed by atoms with Gasteiger partial charge in [0.1, 0.15) is 0 Å². The van der Waals surface area contributed by atoms with E-state index >= 15 is 0 Å². The molecule has 4 aromatic rings. The highest BCUT2D eigenvalue weighted by Gasteiger charge is 2.33. The minimum absolute atomic E-state index is 0.461. The van der Waals surface area contributed by atoms with Crippen LogP contribution < -0.4 is 10.6 Å². The number of allylic oxidation sites excluding steroid dienone is 1. The van der Waals surface area contributed by atoms with Crippen molar-refractivity contribution < 1.29 is 0 Å². The maximum atomic E-state index is 2.51. The molecule has 1 heteroatoms. The summed E-state index contributed by atoms with van der Waals surface area (Å²) in [6, 6.07) is 36.6. The van der Waals surface area contributed by atoms with Crippen molar-refractivity contribution in [2.75, 3.05) is 0 Å². The van der Waals surface area contributed by atoms with Crippen LogP contribution in [0, 0.1) is 0 Å². The van der Waals surface area contributed by atoms with Crippen LogP contribution in [-0.4, -0.2) is 0 Å². The van der Waals surface area contributed by atoms with Gasteiger partial charge in [0, 0.05) is 0 Å². The Balaban J connectivity index is 1.88. The van der Waals surface area contributed by atoms with E-state index in [1.165, 1.54) is 44.0 Å². The van der Waals surface area contributed by atoms with E-state index in [4.69, 9.17) is 0 Å². The van der Waals surface area contributed by atoms with Crippen LogP contribution in [0.2, 0.25) is 0 Å². The van der Waals surface area contributed by atoms with Crippen LogP contribution in [0.3, 0.4) is 0 Å². The van der Waals surface area contributed by atoms with Gasteiger partial charge in [-0.05, 0) is 87.0 Å². The number of hydrogen-bond donors (Lipinski definition) is 0. The Hall–Kier alpha value is -2.95. The van der Waals surface area contributed by atoms with E-state index in [1.54, 1.807) is 10.9 Å². The molecule has 5 rings (SSSR count). The van der Waals surface area contributed by atoms with Gasteiger partial charge in [-0.2, -0.15) is 0 Å². The summed E-state index contributed by atoms with van der Waals surface area (Å²) in [6.45, 7) is 14.1. The van der Waals surface area contributed by atoms with Gasteiger partial charge in [0.05, 0.1) is 0 Å². The molecule has 0 amide bonds. The van der Waals surface area contributed by atoms with E-state index in [1.807, 2.05) is 0 Å². The van der Waals surface area contributed by atoms with Crippen LogP contribution in [0.1, 0.15) is 92.7 Å². The molecule has 188 valence electrons. The molecule has 0 unspecified atom stereocenters. The van der Waals surface area contributed by atoms with Crippen molar-refractivity contribution >= 4 is 29.4 Å². The van der Waals surface area contributed by atoms with Crippen LogP contribution in [0.4, 0.5) is 0 Å². The van der Waals surface area contributed by atoms with Gasteiger partial charge < -0.3 is 0 Å². The molecule has 0 saturated heterocycles. The largest absolute Gasteiger partial charge is 0.0622 e. The van der Waals surface area contributed by atoms with Crippen LogP contribution in [0.5, 0.6) is 0 Å². The van der Waals surface area contributed by atoms with Gasteiger partial charge >= 0.3 is 0 Å². The lowest BCUT2D eigenvalue weighted by atomic mass is 9.81. The van der Waals surface area contributed by atoms with Crippen molar-refractivity contribution in [1.82, 2.24) is 0 Å². The first-order chi connectivity index (χ1) is 17.9. The molecule has 0 radical (unpaired) electrons. The number of rotatable bonds is 7. The summed E-state index contributed by atoms with van der Waals surface area (Å²) in [6.07, 6.45) is 1.00. The maximum absolute atomic E-state index is 2.51. The van der Waals surface area contributed by atoms with Gasteiger partial charge in [0.2, 0.25) is 0 Å². The standard InChI is InChI=1S/C36H39P/c1-24(2)28-22-32(25(3)4)35(33(23-28)26(5)6)34-21-27-15-13-14-20-31(27)36(34)37(29-16-9-7-10-17-29)30-18-11-8-12-19-30/h7-20,22-26H,21H2,1-6H3. The van der Waals surface area contributed by atoms with E-state index in [9.17, 15) is 0 Å². The second-order valence-corrected chi connectivity index (χ2v) is 13.4. The van der Waals surface area contributed by atoms with Gasteiger partial charge in [-0.25, -0.2) is 0 Å². The average molecular weight is 503 g/mol. The zero-order chi connectivity index (χ0) is 26.1. The van der Waals surface area contributed by atoms with Gasteiger partial charge in [0.15, 0.2) is 0 Å². The monoisotopic (exact) mass is 502 g/mol. The molecule has 4 aromatic carbocycles. The number of hydrogen-bond acceptors (Lipinski definition) is 0. The highest BCUT2D eigenvalue weighted by molar-refractivity contribution is 7.82. The summed E-state index contributed by atoms with van der Waals surface area (Å²) in [5, 5.41) is 4.39. The fraction of sp³-hybridized carbons (Fsp3) is 0.278. The Morgan fingerprint density at radius 1 is 0.568 bits per heavy atom. The highest BCUT2D eigenvalue weighted by Crippen LogP contribution is 2.58. The van der Waals surface area contributed by atoms with Gasteiger partial charge in [-0.3, -0.25) is 0 Å². The van der Waals surface area contributed by atoms with E-state index in [0.717, 1.165) is 6.42 Å². The molecule has 1 aliphatic rings. The van der Waals surface area contributed by atoms with E-state index < -0.39 is 7.92 Å². The van der Waals surface area contributed by atoms with E-state index in [0.29, 0.717) is 17.8 Å². The molecule has 0 aliphatic heterocycles. The molecule has 0 bridgehead atoms. The van der Waals surface area contributed by atoms with Crippen molar-refractivity contribution in [3.63, 3.8) is 0 Å². The predicted octanol–water partition coefficient (Wildman–Crippen LogP) is 9.61. The van der Waals surface area contributed by atoms with Crippen LogP contribution >= 0.6 is 7.92 Å². The molecule has 0 saturated carbocycles. The summed E-state index contributed by atoms with van der Waals surface area (Å²) in [5.41, 5.74) is 10.4. The zero-order valence-corrected chi connectivity index (χ0v) is 24.0. The summed E-state index contributed by atoms with van der Waals surface area (Å²) in [7, 11) is -0.705. The molecule has 0 atom stereocenters. The normalized spacial score (nSPS) is 13.4. The third kappa shape index (κ3) is 4.97. The fourth-order valence-electron chi connectivity index (χ4n) is 5.67. The molecule has 0 spiro atoms. The quantitative estimate of drug-likeness (QED) is 0.221. The van der Waals surface area contributed by atoms with E-state index in [-0.39, 0.29) is 0 Å². The van der Waals surface area contributed by atoms with Gasteiger partial charge in [0.25, 0.3) is 0 Å². The van der Waals surface area contributed by atoms with Crippen molar-refractivity contribution in [3.8, 4) is 0 Å². The first-order valence-corrected chi connectivity index (χ1v) is 15.1. The van der Waals surface area contributed by atoms with Crippen LogP contribution in [-0.2, 0) is 6.42 Å². The van der Waals surface area contributed by atoms with Crippen molar-refractivity contribution in [2.24, 2.45) is 0 Å². The Kier molecular flexibility index (Phi) is 7.50. The molecule has 0 aromatic heterocycles. The number of benzene rings is 4. The SMILES string of the molecule is CC(C)c1cc(C(C)C)c(C2=C(P(c3ccccc3)c3ccccc3)c3ccccc3C2)c(C(C)C)c1. The highest BCUT2D eigenvalue weighted by atomic mass is 31.1. The molecular weight excluding hydrogens is 463 g/mol. The molecule has 0 heterocycles. The van der Waals surface area contributed by atoms with Gasteiger partial charge in [-0.15, -0.1) is 0 Å². The third-order valence-electron chi connectivity index (χ3n) is 7.61. The lowest BCUT2D eigenvalue weighted by Crippen LogP contribution is -2.13. The van der Waals surface area contributed by atoms with Crippen molar-refractivity contribution in [3.05, 3.63) is 130 Å². The lowest BCUT2D eigenvalue weighted by Gasteiger charge is -2.27. The molecular formula is C36H39P. The maximum Gasteiger partial charge on any atom is -0.000665 e. The summed E-state index contributed by atoms with van der Waals surface area (Å²) < 4.78 is 0. The molecule has 0 nitrogen and oxygen atoms in total. The predicted molar refractivity (Wildman–Crippen MR) is 165 cm³/mol. The van der Waals surface area contributed by atoms with Crippen molar-refractivity contribution in [1.29, 1.82) is 0 Å². The second-order valence-electron chi connectivity index (χ2n) is 11.2. The van der Waals surface area contributed by atoms with Crippen LogP contribution in [0.15, 0.2) is 97.1 Å². The lowest BCUT2D eigenvalue weighted by molar-refractivity contribution is 0.798. The average Bonchev–Trinajstić information content (AvgIpc) is 3.28. The topological polar surface area (TPSA) is 0 Å². The molecule has 37 heavy (non-hydrogen) atoms. The Morgan fingerprint density at radius 3 is 1.54 bits per heavy atom. The molecule has 1 aliphatic carbocycles. The van der Waals surface area contributed by atoms with Crippen molar-refractivity contribution in [2.45, 2.75) is 65.7 Å². The summed E-state index contributed by atoms with van der Waals surface area (Å²) >= 11 is 0. The minimum Gasteiger partial charge on any atom is -0.0622 e. The Labute approximate surface area is 225 Å². The Bertz CT molecular complexity index is 1340. The smallest absolute Gasteiger partial charge is 0.000665 e. The third-order valence-corrected chi connectivity index (χ3v) is 10.2. The number of fused-ring (bicyclic) bond motifs is 1. The zero-order valence-electron chi connectivity index (χ0n) is 23.1. The van der Waals surface area contributed by atoms with E-state index in [2.05, 4.69) is 139 Å². The van der Waals surface area contributed by atoms with Crippen LogP contribution in [0.25, 0.3) is 10.9 Å². The van der Waals surface area contributed by atoms with Gasteiger partial charge in [-0.1, -0.05) is 139 Å². The summed E-state index contributed by atoms with van der Waals surface area (Å²) in [4.78, 5) is 0. The fourth-order valence-corrected chi connectivity index (χ4v) is 8.34.